The van der Waals surface area contributed by atoms with E-state index in [2.05, 4.69) is 26.2 Å². The second-order valence-corrected chi connectivity index (χ2v) is 3.99. The van der Waals surface area contributed by atoms with E-state index in [9.17, 15) is 4.79 Å². The van der Waals surface area contributed by atoms with Crippen LogP contribution in [0.1, 0.15) is 19.8 Å². The first-order chi connectivity index (χ1) is 7.72. The lowest BCUT2D eigenvalue weighted by Gasteiger charge is -2.05. The van der Waals surface area contributed by atoms with Gasteiger partial charge >= 0.3 is 5.97 Å². The molecule has 0 unspecified atom stereocenters. The molecule has 0 fully saturated rings. The average Bonchev–Trinajstić information content (AvgIpc) is 2.25. The first-order valence-corrected chi connectivity index (χ1v) is 6.03. The molecule has 16 heavy (non-hydrogen) atoms. The number of hydrogen-bond acceptors (Lipinski definition) is 4. The standard InChI is InChI=1S/C11H15BrN2O2/c1-2-16-11(15)7-4-8-13-10-6-3-5-9(12)14-10/h3,5-6H,2,4,7-8H2,1H3,(H,13,14). The summed E-state index contributed by atoms with van der Waals surface area (Å²) in [6.07, 6.45) is 1.18. The van der Waals surface area contributed by atoms with E-state index >= 15 is 0 Å². The number of anilines is 1. The summed E-state index contributed by atoms with van der Waals surface area (Å²) in [5, 5.41) is 3.13. The van der Waals surface area contributed by atoms with Crippen molar-refractivity contribution in [2.45, 2.75) is 19.8 Å². The number of nitrogens with zero attached hydrogens (tertiary/aromatic N) is 1. The Balaban J connectivity index is 2.18. The molecule has 1 heterocycles. The van der Waals surface area contributed by atoms with Crippen molar-refractivity contribution in [1.29, 1.82) is 0 Å². The van der Waals surface area contributed by atoms with Crippen LogP contribution >= 0.6 is 15.9 Å². The summed E-state index contributed by atoms with van der Waals surface area (Å²) < 4.78 is 5.62. The minimum atomic E-state index is -0.147. The summed E-state index contributed by atoms with van der Waals surface area (Å²) in [5.41, 5.74) is 0. The van der Waals surface area contributed by atoms with Gasteiger partial charge in [-0.3, -0.25) is 4.79 Å². The van der Waals surface area contributed by atoms with E-state index in [1.54, 1.807) is 0 Å². The normalized spacial score (nSPS) is 9.88. The number of rotatable bonds is 6. The SMILES string of the molecule is CCOC(=O)CCCNc1cccc(Br)n1. The number of carbonyl (C=O) groups excluding carboxylic acids is 1. The van der Waals surface area contributed by atoms with Crippen LogP contribution < -0.4 is 5.32 Å². The summed E-state index contributed by atoms with van der Waals surface area (Å²) in [4.78, 5) is 15.3. The quantitative estimate of drug-likeness (QED) is 0.496. The molecule has 0 amide bonds. The van der Waals surface area contributed by atoms with E-state index < -0.39 is 0 Å². The Morgan fingerprint density at radius 1 is 1.56 bits per heavy atom. The molecule has 0 aliphatic rings. The van der Waals surface area contributed by atoms with Crippen LogP contribution in [0.15, 0.2) is 22.8 Å². The van der Waals surface area contributed by atoms with Crippen LogP contribution in [0.5, 0.6) is 0 Å². The molecule has 5 heteroatoms. The van der Waals surface area contributed by atoms with Crippen LogP contribution in [0.2, 0.25) is 0 Å². The predicted molar refractivity (Wildman–Crippen MR) is 66.3 cm³/mol. The molecule has 88 valence electrons. The van der Waals surface area contributed by atoms with Crippen LogP contribution in [0, 0.1) is 0 Å². The third-order valence-electron chi connectivity index (χ3n) is 1.88. The van der Waals surface area contributed by atoms with Crippen molar-refractivity contribution < 1.29 is 9.53 Å². The van der Waals surface area contributed by atoms with Crippen molar-refractivity contribution >= 4 is 27.7 Å². The Morgan fingerprint density at radius 2 is 2.38 bits per heavy atom. The third kappa shape index (κ3) is 5.11. The van der Waals surface area contributed by atoms with Crippen molar-refractivity contribution in [3.8, 4) is 0 Å². The summed E-state index contributed by atoms with van der Waals surface area (Å²) >= 11 is 3.29. The zero-order valence-electron chi connectivity index (χ0n) is 9.20. The fourth-order valence-corrected chi connectivity index (χ4v) is 1.53. The fourth-order valence-electron chi connectivity index (χ4n) is 1.19. The smallest absolute Gasteiger partial charge is 0.305 e. The third-order valence-corrected chi connectivity index (χ3v) is 2.33. The molecule has 0 aromatic carbocycles. The van der Waals surface area contributed by atoms with Gasteiger partial charge in [-0.2, -0.15) is 0 Å². The van der Waals surface area contributed by atoms with Gasteiger partial charge in [-0.1, -0.05) is 6.07 Å². The monoisotopic (exact) mass is 286 g/mol. The average molecular weight is 287 g/mol. The molecular formula is C11H15BrN2O2. The molecule has 0 aliphatic carbocycles. The summed E-state index contributed by atoms with van der Waals surface area (Å²) in [5.74, 6) is 0.657. The maximum atomic E-state index is 11.0. The minimum Gasteiger partial charge on any atom is -0.466 e. The largest absolute Gasteiger partial charge is 0.466 e. The lowest BCUT2D eigenvalue weighted by molar-refractivity contribution is -0.143. The molecule has 0 atom stereocenters. The number of aromatic nitrogens is 1. The highest BCUT2D eigenvalue weighted by Crippen LogP contribution is 2.09. The van der Waals surface area contributed by atoms with Crippen molar-refractivity contribution in [2.24, 2.45) is 0 Å². The van der Waals surface area contributed by atoms with Gasteiger partial charge in [0.15, 0.2) is 0 Å². The second kappa shape index (κ2) is 7.22. The van der Waals surface area contributed by atoms with Gasteiger partial charge in [0.05, 0.1) is 6.61 Å². The van der Waals surface area contributed by atoms with E-state index in [0.29, 0.717) is 19.6 Å². The molecule has 0 aliphatic heterocycles. The molecule has 0 radical (unpaired) electrons. The minimum absolute atomic E-state index is 0.147. The van der Waals surface area contributed by atoms with Gasteiger partial charge in [0.2, 0.25) is 0 Å². The highest BCUT2D eigenvalue weighted by atomic mass is 79.9. The maximum absolute atomic E-state index is 11.0. The van der Waals surface area contributed by atoms with Gasteiger partial charge in [-0.15, -0.1) is 0 Å². The number of esters is 1. The topological polar surface area (TPSA) is 51.2 Å². The number of pyridine rings is 1. The lowest BCUT2D eigenvalue weighted by Crippen LogP contribution is -2.08. The van der Waals surface area contributed by atoms with E-state index in [0.717, 1.165) is 16.8 Å². The Labute approximate surface area is 104 Å². The molecule has 1 rings (SSSR count). The van der Waals surface area contributed by atoms with Crippen LogP contribution in [-0.4, -0.2) is 24.1 Å². The van der Waals surface area contributed by atoms with Crippen molar-refractivity contribution in [2.75, 3.05) is 18.5 Å². The lowest BCUT2D eigenvalue weighted by atomic mass is 10.3. The number of hydrogen-bond donors (Lipinski definition) is 1. The van der Waals surface area contributed by atoms with Gasteiger partial charge < -0.3 is 10.1 Å². The van der Waals surface area contributed by atoms with Crippen LogP contribution in [-0.2, 0) is 9.53 Å². The predicted octanol–water partition coefficient (Wildman–Crippen LogP) is 2.60. The van der Waals surface area contributed by atoms with Crippen LogP contribution in [0.4, 0.5) is 5.82 Å². The molecule has 1 aromatic rings. The molecule has 0 saturated carbocycles. The molecule has 0 saturated heterocycles. The van der Waals surface area contributed by atoms with Gasteiger partial charge in [-0.25, -0.2) is 4.98 Å². The van der Waals surface area contributed by atoms with Gasteiger partial charge in [0.25, 0.3) is 0 Å². The second-order valence-electron chi connectivity index (χ2n) is 3.18. The van der Waals surface area contributed by atoms with E-state index in [-0.39, 0.29) is 5.97 Å². The van der Waals surface area contributed by atoms with Crippen molar-refractivity contribution in [1.82, 2.24) is 4.98 Å². The van der Waals surface area contributed by atoms with Crippen molar-refractivity contribution in [3.63, 3.8) is 0 Å². The number of ether oxygens (including phenoxy) is 1. The van der Waals surface area contributed by atoms with E-state index in [1.807, 2.05) is 25.1 Å². The highest BCUT2D eigenvalue weighted by molar-refractivity contribution is 9.10. The van der Waals surface area contributed by atoms with Gasteiger partial charge in [0.1, 0.15) is 10.4 Å². The van der Waals surface area contributed by atoms with Gasteiger partial charge in [-0.05, 0) is 41.4 Å². The van der Waals surface area contributed by atoms with E-state index in [1.165, 1.54) is 0 Å². The molecule has 4 nitrogen and oxygen atoms in total. The molecule has 1 aromatic heterocycles. The molecule has 0 bridgehead atoms. The number of carbonyl (C=O) groups is 1. The number of nitrogens with one attached hydrogen (secondary N) is 1. The fraction of sp³-hybridized carbons (Fsp3) is 0.455. The Kier molecular flexibility index (Phi) is 5.85. The Morgan fingerprint density at radius 3 is 3.06 bits per heavy atom. The summed E-state index contributed by atoms with van der Waals surface area (Å²) in [6, 6.07) is 5.66. The molecule has 1 N–H and O–H groups in total. The Hall–Kier alpha value is -1.10. The molecular weight excluding hydrogens is 272 g/mol. The van der Waals surface area contributed by atoms with E-state index in [4.69, 9.17) is 4.74 Å². The zero-order chi connectivity index (χ0) is 11.8. The van der Waals surface area contributed by atoms with Gasteiger partial charge in [0, 0.05) is 13.0 Å². The van der Waals surface area contributed by atoms with Crippen LogP contribution in [0.25, 0.3) is 0 Å². The summed E-state index contributed by atoms with van der Waals surface area (Å²) in [7, 11) is 0. The summed E-state index contributed by atoms with van der Waals surface area (Å²) in [6.45, 7) is 2.96. The first kappa shape index (κ1) is 13.0. The number of halogens is 1. The van der Waals surface area contributed by atoms with Crippen LogP contribution in [0.3, 0.4) is 0 Å². The Bertz CT molecular complexity index is 345. The maximum Gasteiger partial charge on any atom is 0.305 e. The van der Waals surface area contributed by atoms with Crippen molar-refractivity contribution in [3.05, 3.63) is 22.8 Å². The first-order valence-electron chi connectivity index (χ1n) is 5.24. The molecule has 0 spiro atoms. The zero-order valence-corrected chi connectivity index (χ0v) is 10.8. The highest BCUT2D eigenvalue weighted by Gasteiger charge is 2.00.